The number of thioether (sulfide) groups is 1. The number of para-hydroxylation sites is 1. The lowest BCUT2D eigenvalue weighted by Gasteiger charge is -2.17. The fourth-order valence-electron chi connectivity index (χ4n) is 1.99. The molecule has 2 rings (SSSR count). The molecule has 19 heavy (non-hydrogen) atoms. The van der Waals surface area contributed by atoms with Crippen LogP contribution in [0.4, 0.5) is 5.95 Å². The summed E-state index contributed by atoms with van der Waals surface area (Å²) < 4.78 is 0. The lowest BCUT2D eigenvalue weighted by Crippen LogP contribution is -2.25. The second-order valence-electron chi connectivity index (χ2n) is 4.28. The van der Waals surface area contributed by atoms with Crippen LogP contribution < -0.4 is 5.73 Å². The van der Waals surface area contributed by atoms with Crippen molar-refractivity contribution in [1.29, 1.82) is 0 Å². The predicted molar refractivity (Wildman–Crippen MR) is 82.5 cm³/mol. The van der Waals surface area contributed by atoms with Gasteiger partial charge < -0.3 is 10.6 Å². The van der Waals surface area contributed by atoms with E-state index in [-0.39, 0.29) is 0 Å². The maximum absolute atomic E-state index is 5.76. The van der Waals surface area contributed by atoms with Crippen LogP contribution >= 0.6 is 11.8 Å². The third kappa shape index (κ3) is 3.58. The normalized spacial score (nSPS) is 11.3. The minimum Gasteiger partial charge on any atom is -0.368 e. The summed E-state index contributed by atoms with van der Waals surface area (Å²) in [5, 5.41) is 2.07. The van der Waals surface area contributed by atoms with Gasteiger partial charge in [0.2, 0.25) is 5.95 Å². The van der Waals surface area contributed by atoms with E-state index in [4.69, 9.17) is 5.73 Å². The van der Waals surface area contributed by atoms with Gasteiger partial charge in [0.05, 0.1) is 5.52 Å². The Bertz CT molecular complexity index is 540. The SMILES string of the molecule is CCN(CC)CCSc1nc(N)nc2ccccc12. The molecule has 0 unspecified atom stereocenters. The van der Waals surface area contributed by atoms with Crippen molar-refractivity contribution >= 4 is 28.6 Å². The average molecular weight is 276 g/mol. The van der Waals surface area contributed by atoms with Crippen molar-refractivity contribution in [1.82, 2.24) is 14.9 Å². The monoisotopic (exact) mass is 276 g/mol. The topological polar surface area (TPSA) is 55.0 Å². The molecule has 0 saturated heterocycles. The molecule has 102 valence electrons. The summed E-state index contributed by atoms with van der Waals surface area (Å²) in [5.41, 5.74) is 6.68. The molecule has 2 aromatic rings. The number of hydrogen-bond donors (Lipinski definition) is 1. The van der Waals surface area contributed by atoms with Crippen molar-refractivity contribution in [3.05, 3.63) is 24.3 Å². The number of nitrogens with two attached hydrogens (primary N) is 1. The van der Waals surface area contributed by atoms with Crippen molar-refractivity contribution < 1.29 is 0 Å². The standard InChI is InChI=1S/C14H20N4S/c1-3-18(4-2)9-10-19-13-11-7-5-6-8-12(11)16-14(15)17-13/h5-8H,3-4,9-10H2,1-2H3,(H2,15,16,17). The van der Waals surface area contributed by atoms with Crippen molar-refractivity contribution in [3.8, 4) is 0 Å². The predicted octanol–water partition coefficient (Wildman–Crippen LogP) is 2.65. The number of hydrogen-bond acceptors (Lipinski definition) is 5. The van der Waals surface area contributed by atoms with Gasteiger partial charge in [-0.2, -0.15) is 0 Å². The minimum atomic E-state index is 0.351. The summed E-state index contributed by atoms with van der Waals surface area (Å²) in [5.74, 6) is 1.37. The Balaban J connectivity index is 2.12. The van der Waals surface area contributed by atoms with E-state index in [1.54, 1.807) is 11.8 Å². The number of anilines is 1. The Morgan fingerprint density at radius 1 is 1.16 bits per heavy atom. The summed E-state index contributed by atoms with van der Waals surface area (Å²) in [7, 11) is 0. The summed E-state index contributed by atoms with van der Waals surface area (Å²) in [6.45, 7) is 7.61. The van der Waals surface area contributed by atoms with Crippen LogP contribution in [-0.4, -0.2) is 40.3 Å². The van der Waals surface area contributed by atoms with E-state index < -0.39 is 0 Å². The van der Waals surface area contributed by atoms with Gasteiger partial charge in [-0.15, -0.1) is 11.8 Å². The van der Waals surface area contributed by atoms with Crippen molar-refractivity contribution in [2.45, 2.75) is 18.9 Å². The van der Waals surface area contributed by atoms with Crippen LogP contribution in [0.25, 0.3) is 10.9 Å². The van der Waals surface area contributed by atoms with Crippen LogP contribution in [0.15, 0.2) is 29.3 Å². The number of benzene rings is 1. The van der Waals surface area contributed by atoms with Gasteiger partial charge in [-0.3, -0.25) is 0 Å². The quantitative estimate of drug-likeness (QED) is 0.649. The largest absolute Gasteiger partial charge is 0.368 e. The molecule has 0 aliphatic rings. The lowest BCUT2D eigenvalue weighted by molar-refractivity contribution is 0.324. The third-order valence-electron chi connectivity index (χ3n) is 3.13. The Labute approximate surface area is 118 Å². The zero-order chi connectivity index (χ0) is 13.7. The molecular weight excluding hydrogens is 256 g/mol. The molecule has 1 heterocycles. The summed E-state index contributed by atoms with van der Waals surface area (Å²) in [6.07, 6.45) is 0. The molecule has 0 spiro atoms. The molecule has 0 saturated carbocycles. The number of aromatic nitrogens is 2. The van der Waals surface area contributed by atoms with Gasteiger partial charge in [0.15, 0.2) is 0 Å². The highest BCUT2D eigenvalue weighted by atomic mass is 32.2. The maximum atomic E-state index is 5.76. The Kier molecular flexibility index (Phi) is 4.99. The van der Waals surface area contributed by atoms with Gasteiger partial charge in [0.25, 0.3) is 0 Å². The molecule has 0 aliphatic carbocycles. The summed E-state index contributed by atoms with van der Waals surface area (Å²) >= 11 is 1.75. The van der Waals surface area contributed by atoms with Gasteiger partial charge in [0, 0.05) is 17.7 Å². The van der Waals surface area contributed by atoms with E-state index in [0.29, 0.717) is 5.95 Å². The van der Waals surface area contributed by atoms with E-state index in [1.165, 1.54) is 0 Å². The van der Waals surface area contributed by atoms with Crippen molar-refractivity contribution in [2.24, 2.45) is 0 Å². The molecule has 0 atom stereocenters. The second kappa shape index (κ2) is 6.73. The van der Waals surface area contributed by atoms with Crippen LogP contribution in [0.3, 0.4) is 0 Å². The zero-order valence-electron chi connectivity index (χ0n) is 11.5. The van der Waals surface area contributed by atoms with Gasteiger partial charge >= 0.3 is 0 Å². The Hall–Kier alpha value is -1.33. The Morgan fingerprint density at radius 2 is 1.89 bits per heavy atom. The molecule has 1 aromatic carbocycles. The molecule has 5 heteroatoms. The zero-order valence-corrected chi connectivity index (χ0v) is 12.3. The number of nitrogen functional groups attached to an aromatic ring is 1. The molecule has 0 radical (unpaired) electrons. The van der Waals surface area contributed by atoms with E-state index in [1.807, 2.05) is 18.2 Å². The Morgan fingerprint density at radius 3 is 2.63 bits per heavy atom. The molecule has 4 nitrogen and oxygen atoms in total. The molecule has 0 aliphatic heterocycles. The fourth-order valence-corrected chi connectivity index (χ4v) is 3.01. The molecule has 1 aromatic heterocycles. The average Bonchev–Trinajstić information content (AvgIpc) is 2.43. The number of fused-ring (bicyclic) bond motifs is 1. The van der Waals surface area contributed by atoms with Gasteiger partial charge in [0.1, 0.15) is 5.03 Å². The van der Waals surface area contributed by atoms with Gasteiger partial charge in [-0.05, 0) is 19.2 Å². The van der Waals surface area contributed by atoms with Crippen LogP contribution in [0.2, 0.25) is 0 Å². The molecule has 0 bridgehead atoms. The number of rotatable bonds is 6. The van der Waals surface area contributed by atoms with E-state index in [2.05, 4.69) is 34.8 Å². The van der Waals surface area contributed by atoms with Crippen molar-refractivity contribution in [2.75, 3.05) is 31.1 Å². The first kappa shape index (κ1) is 14.1. The van der Waals surface area contributed by atoms with Crippen LogP contribution in [0, 0.1) is 0 Å². The van der Waals surface area contributed by atoms with E-state index in [0.717, 1.165) is 41.3 Å². The van der Waals surface area contributed by atoms with Gasteiger partial charge in [-0.25, -0.2) is 9.97 Å². The highest BCUT2D eigenvalue weighted by molar-refractivity contribution is 7.99. The highest BCUT2D eigenvalue weighted by Crippen LogP contribution is 2.25. The van der Waals surface area contributed by atoms with Gasteiger partial charge in [-0.1, -0.05) is 32.0 Å². The first-order valence-corrected chi connectivity index (χ1v) is 7.60. The maximum Gasteiger partial charge on any atom is 0.221 e. The van der Waals surface area contributed by atoms with E-state index >= 15 is 0 Å². The molecule has 0 amide bonds. The van der Waals surface area contributed by atoms with Crippen molar-refractivity contribution in [3.63, 3.8) is 0 Å². The third-order valence-corrected chi connectivity index (χ3v) is 4.10. The minimum absolute atomic E-state index is 0.351. The van der Waals surface area contributed by atoms with E-state index in [9.17, 15) is 0 Å². The first-order chi connectivity index (χ1) is 9.24. The lowest BCUT2D eigenvalue weighted by atomic mass is 10.2. The van der Waals surface area contributed by atoms with Crippen LogP contribution in [0.1, 0.15) is 13.8 Å². The van der Waals surface area contributed by atoms with Crippen LogP contribution in [0.5, 0.6) is 0 Å². The smallest absolute Gasteiger partial charge is 0.221 e. The fraction of sp³-hybridized carbons (Fsp3) is 0.429. The summed E-state index contributed by atoms with van der Waals surface area (Å²) in [6, 6.07) is 8.01. The molecule has 0 fully saturated rings. The summed E-state index contributed by atoms with van der Waals surface area (Å²) in [4.78, 5) is 11.0. The molecular formula is C14H20N4S. The second-order valence-corrected chi connectivity index (χ2v) is 5.36. The van der Waals surface area contributed by atoms with Crippen LogP contribution in [-0.2, 0) is 0 Å². The first-order valence-electron chi connectivity index (χ1n) is 6.62. The highest BCUT2D eigenvalue weighted by Gasteiger charge is 2.07. The number of nitrogens with zero attached hydrogens (tertiary/aromatic N) is 3. The molecule has 2 N–H and O–H groups in total.